The maximum atomic E-state index is 14.3. The first kappa shape index (κ1) is 37.5. The summed E-state index contributed by atoms with van der Waals surface area (Å²) < 4.78 is 35.3. The van der Waals surface area contributed by atoms with E-state index in [2.05, 4.69) is 9.73 Å². The van der Waals surface area contributed by atoms with E-state index < -0.39 is 23.5 Å². The average molecular weight is 756 g/mol. The SMILES string of the molecule is CCOC(=O)C1=C(C)N=c2s/c(=C/c3cc(Cl)c(OCc4cccc(Cl)c4)c(OCC)c3)c(=O)n2[C@H]1c1ccc(OCC(=O)OC)c(OCC)c1. The fourth-order valence-corrected chi connectivity index (χ4v) is 6.93. The van der Waals surface area contributed by atoms with Crippen molar-refractivity contribution in [3.63, 3.8) is 0 Å². The summed E-state index contributed by atoms with van der Waals surface area (Å²) >= 11 is 14.0. The van der Waals surface area contributed by atoms with E-state index in [0.29, 0.717) is 65.8 Å². The van der Waals surface area contributed by atoms with Crippen molar-refractivity contribution in [3.05, 3.63) is 112 Å². The van der Waals surface area contributed by atoms with Gasteiger partial charge in [-0.05, 0) is 86.9 Å². The number of carbonyl (C=O) groups is 2. The molecule has 0 saturated heterocycles. The van der Waals surface area contributed by atoms with Gasteiger partial charge >= 0.3 is 11.9 Å². The van der Waals surface area contributed by atoms with E-state index in [0.717, 1.165) is 16.9 Å². The highest BCUT2D eigenvalue weighted by molar-refractivity contribution is 7.07. The van der Waals surface area contributed by atoms with Gasteiger partial charge in [-0.25, -0.2) is 14.6 Å². The number of esters is 2. The molecule has 11 nitrogen and oxygen atoms in total. The zero-order valence-electron chi connectivity index (χ0n) is 28.6. The number of methoxy groups -OCH3 is 1. The molecule has 1 atom stereocenters. The van der Waals surface area contributed by atoms with Crippen LogP contribution < -0.4 is 33.8 Å². The standard InChI is InChI=1S/C37H36Cl2N2O9S/c1-6-46-28-18-24(12-13-27(28)49-20-31(42)45-5)33-32(36(44)48-8-3)21(4)40-37-41(33)35(43)30(51-37)17-23-15-26(39)34(29(16-23)47-7-2)50-19-22-10-9-11-25(38)14-22/h9-18,33H,6-8,19-20H2,1-5H3/b30-17+/t33-/m0/s1. The first-order chi connectivity index (χ1) is 24.6. The highest BCUT2D eigenvalue weighted by Crippen LogP contribution is 2.38. The van der Waals surface area contributed by atoms with Crippen molar-refractivity contribution in [2.24, 2.45) is 4.99 Å². The van der Waals surface area contributed by atoms with E-state index in [-0.39, 0.29) is 32.0 Å². The summed E-state index contributed by atoms with van der Waals surface area (Å²) in [5.41, 5.74) is 2.19. The average Bonchev–Trinajstić information content (AvgIpc) is 3.40. The van der Waals surface area contributed by atoms with Crippen LogP contribution in [0.15, 0.2) is 75.7 Å². The van der Waals surface area contributed by atoms with Gasteiger partial charge in [-0.1, -0.05) is 52.7 Å². The van der Waals surface area contributed by atoms with E-state index in [1.54, 1.807) is 69.3 Å². The predicted octanol–water partition coefficient (Wildman–Crippen LogP) is 6.03. The summed E-state index contributed by atoms with van der Waals surface area (Å²) in [5, 5.41) is 0.880. The fourth-order valence-electron chi connectivity index (χ4n) is 5.39. The summed E-state index contributed by atoms with van der Waals surface area (Å²) in [6.45, 7) is 7.69. The number of benzene rings is 3. The number of nitrogens with zero attached hydrogens (tertiary/aromatic N) is 2. The molecule has 1 aromatic heterocycles. The van der Waals surface area contributed by atoms with E-state index in [1.165, 1.54) is 11.7 Å². The molecule has 4 aromatic rings. The first-order valence-corrected chi connectivity index (χ1v) is 17.6. The number of hydrogen-bond donors (Lipinski definition) is 0. The van der Waals surface area contributed by atoms with Gasteiger partial charge in [0.1, 0.15) is 6.61 Å². The number of rotatable bonds is 14. The minimum absolute atomic E-state index is 0.124. The molecule has 0 saturated carbocycles. The van der Waals surface area contributed by atoms with Crippen LogP contribution in [0.4, 0.5) is 0 Å². The van der Waals surface area contributed by atoms with Crippen LogP contribution in [0.3, 0.4) is 0 Å². The molecule has 0 spiro atoms. The number of carbonyl (C=O) groups excluding carboxylic acids is 2. The molecule has 0 unspecified atom stereocenters. The normalized spacial score (nSPS) is 14.0. The first-order valence-electron chi connectivity index (χ1n) is 16.1. The zero-order valence-corrected chi connectivity index (χ0v) is 30.9. The molecule has 14 heteroatoms. The molecule has 2 heterocycles. The molecule has 0 bridgehead atoms. The van der Waals surface area contributed by atoms with Gasteiger partial charge in [0, 0.05) is 5.02 Å². The van der Waals surface area contributed by atoms with Gasteiger partial charge in [-0.3, -0.25) is 9.36 Å². The molecule has 0 N–H and O–H groups in total. The van der Waals surface area contributed by atoms with Crippen molar-refractivity contribution < 1.29 is 38.0 Å². The number of hydrogen-bond acceptors (Lipinski definition) is 11. The van der Waals surface area contributed by atoms with Crippen LogP contribution in [0.25, 0.3) is 6.08 Å². The number of fused-ring (bicyclic) bond motifs is 1. The Balaban J connectivity index is 1.60. The van der Waals surface area contributed by atoms with Gasteiger partial charge in [-0.15, -0.1) is 0 Å². The van der Waals surface area contributed by atoms with Gasteiger partial charge < -0.3 is 28.4 Å². The monoisotopic (exact) mass is 754 g/mol. The second-order valence-corrected chi connectivity index (χ2v) is 12.8. The number of ether oxygens (including phenoxy) is 6. The van der Waals surface area contributed by atoms with Crippen molar-refractivity contribution in [1.29, 1.82) is 0 Å². The molecule has 0 aliphatic carbocycles. The fraction of sp³-hybridized carbons (Fsp3) is 0.297. The summed E-state index contributed by atoms with van der Waals surface area (Å²) in [6.07, 6.45) is 1.69. The number of thiazole rings is 1. The Morgan fingerprint density at radius 1 is 0.922 bits per heavy atom. The van der Waals surface area contributed by atoms with Gasteiger partial charge in [0.2, 0.25) is 0 Å². The summed E-state index contributed by atoms with van der Waals surface area (Å²) in [5.74, 6) is 0.196. The Labute approximate surface area is 308 Å². The van der Waals surface area contributed by atoms with E-state index in [1.807, 2.05) is 19.1 Å². The predicted molar refractivity (Wildman–Crippen MR) is 194 cm³/mol. The van der Waals surface area contributed by atoms with Crippen LogP contribution in [0.2, 0.25) is 10.0 Å². The van der Waals surface area contributed by atoms with Crippen LogP contribution in [-0.4, -0.2) is 50.0 Å². The highest BCUT2D eigenvalue weighted by Gasteiger charge is 2.34. The van der Waals surface area contributed by atoms with Gasteiger partial charge in [-0.2, -0.15) is 0 Å². The third kappa shape index (κ3) is 8.58. The van der Waals surface area contributed by atoms with Crippen molar-refractivity contribution in [2.45, 2.75) is 40.3 Å². The lowest BCUT2D eigenvalue weighted by Crippen LogP contribution is -2.40. The summed E-state index contributed by atoms with van der Waals surface area (Å²) in [7, 11) is 1.26. The third-order valence-corrected chi connectivity index (χ3v) is 9.07. The largest absolute Gasteiger partial charge is 0.490 e. The van der Waals surface area contributed by atoms with Gasteiger partial charge in [0.05, 0.1) is 53.8 Å². The summed E-state index contributed by atoms with van der Waals surface area (Å²) in [6, 6.07) is 14.8. The molecule has 1 aliphatic heterocycles. The highest BCUT2D eigenvalue weighted by atomic mass is 35.5. The molecule has 3 aromatic carbocycles. The Hall–Kier alpha value is -4.78. The molecule has 5 rings (SSSR count). The van der Waals surface area contributed by atoms with E-state index in [4.69, 9.17) is 46.9 Å². The second kappa shape index (κ2) is 17.0. The lowest BCUT2D eigenvalue weighted by atomic mass is 9.95. The van der Waals surface area contributed by atoms with Crippen LogP contribution >= 0.6 is 34.5 Å². The lowest BCUT2D eigenvalue weighted by Gasteiger charge is -2.25. The Bertz CT molecular complexity index is 2160. The van der Waals surface area contributed by atoms with Gasteiger partial charge in [0.15, 0.2) is 34.4 Å². The van der Waals surface area contributed by atoms with Gasteiger partial charge in [0.25, 0.3) is 5.56 Å². The smallest absolute Gasteiger partial charge is 0.343 e. The van der Waals surface area contributed by atoms with Crippen LogP contribution in [-0.2, 0) is 25.7 Å². The van der Waals surface area contributed by atoms with E-state index >= 15 is 0 Å². The Morgan fingerprint density at radius 2 is 1.69 bits per heavy atom. The molecule has 268 valence electrons. The second-order valence-electron chi connectivity index (χ2n) is 11.0. The van der Waals surface area contributed by atoms with Crippen molar-refractivity contribution in [3.8, 4) is 23.0 Å². The molecular weight excluding hydrogens is 719 g/mol. The molecule has 0 amide bonds. The summed E-state index contributed by atoms with van der Waals surface area (Å²) in [4.78, 5) is 44.5. The number of aromatic nitrogens is 1. The Kier molecular flexibility index (Phi) is 12.5. The minimum Gasteiger partial charge on any atom is -0.490 e. The third-order valence-electron chi connectivity index (χ3n) is 7.58. The molecule has 51 heavy (non-hydrogen) atoms. The Morgan fingerprint density at radius 3 is 2.39 bits per heavy atom. The maximum Gasteiger partial charge on any atom is 0.343 e. The van der Waals surface area contributed by atoms with Crippen molar-refractivity contribution in [2.75, 3.05) is 33.5 Å². The minimum atomic E-state index is -0.916. The van der Waals surface area contributed by atoms with Crippen molar-refractivity contribution in [1.82, 2.24) is 4.57 Å². The molecule has 1 aliphatic rings. The molecule has 0 fully saturated rings. The number of allylic oxidation sites excluding steroid dienone is 1. The topological polar surface area (TPSA) is 124 Å². The molecule has 0 radical (unpaired) electrons. The van der Waals surface area contributed by atoms with Crippen LogP contribution in [0.5, 0.6) is 23.0 Å². The van der Waals surface area contributed by atoms with E-state index in [9.17, 15) is 14.4 Å². The molecular formula is C37H36Cl2N2O9S. The maximum absolute atomic E-state index is 14.3. The zero-order chi connectivity index (χ0) is 36.7. The quantitative estimate of drug-likeness (QED) is 0.142. The lowest BCUT2D eigenvalue weighted by molar-refractivity contribution is -0.143. The number of halogens is 2. The van der Waals surface area contributed by atoms with Crippen LogP contribution in [0.1, 0.15) is 50.4 Å². The van der Waals surface area contributed by atoms with Crippen molar-refractivity contribution >= 4 is 52.6 Å². The van der Waals surface area contributed by atoms with Crippen LogP contribution in [0, 0.1) is 0 Å².